The Balaban J connectivity index is 3.02. The van der Waals surface area contributed by atoms with Gasteiger partial charge in [0, 0.05) is 6.54 Å². The highest BCUT2D eigenvalue weighted by Gasteiger charge is 1.96. The predicted octanol–water partition coefficient (Wildman–Crippen LogP) is 0.170. The normalized spacial score (nSPS) is 8.89. The maximum atomic E-state index is 8.37. The van der Waals surface area contributed by atoms with Gasteiger partial charge in [0.15, 0.2) is 0 Å². The fraction of sp³-hybridized carbons (Fsp3) is 0.400. The summed E-state index contributed by atoms with van der Waals surface area (Å²) in [5.41, 5.74) is 0. The standard InChI is InChI=1S/C5H6N4/c1-2-9-4-7-8-5(9)3-6/h4H,2H2,1H3. The van der Waals surface area contributed by atoms with E-state index in [2.05, 4.69) is 10.2 Å². The number of rotatable bonds is 1. The lowest BCUT2D eigenvalue weighted by Gasteiger charge is -1.90. The number of hydrogen-bond acceptors (Lipinski definition) is 3. The van der Waals surface area contributed by atoms with Crippen molar-refractivity contribution in [2.24, 2.45) is 0 Å². The molecule has 0 spiro atoms. The SMILES string of the molecule is CCn1cnnc1C#N. The van der Waals surface area contributed by atoms with Gasteiger partial charge in [0.05, 0.1) is 0 Å². The van der Waals surface area contributed by atoms with Gasteiger partial charge in [0.2, 0.25) is 5.82 Å². The molecule has 4 heteroatoms. The molecule has 0 aliphatic rings. The number of nitrogens with zero attached hydrogens (tertiary/aromatic N) is 4. The van der Waals surface area contributed by atoms with Crippen molar-refractivity contribution in [2.75, 3.05) is 0 Å². The molecule has 1 rings (SSSR count). The Kier molecular flexibility index (Phi) is 1.45. The van der Waals surface area contributed by atoms with Gasteiger partial charge in [0.1, 0.15) is 12.4 Å². The quantitative estimate of drug-likeness (QED) is 0.533. The van der Waals surface area contributed by atoms with Crippen molar-refractivity contribution in [2.45, 2.75) is 13.5 Å². The summed E-state index contributed by atoms with van der Waals surface area (Å²) in [6.07, 6.45) is 1.54. The number of hydrogen-bond donors (Lipinski definition) is 0. The van der Waals surface area contributed by atoms with Gasteiger partial charge in [0.25, 0.3) is 0 Å². The molecule has 9 heavy (non-hydrogen) atoms. The number of aryl methyl sites for hydroxylation is 1. The Labute approximate surface area is 52.7 Å². The van der Waals surface area contributed by atoms with Crippen LogP contribution in [0.4, 0.5) is 0 Å². The number of aromatic nitrogens is 3. The van der Waals surface area contributed by atoms with Crippen LogP contribution >= 0.6 is 0 Å². The molecule has 0 bridgehead atoms. The first-order valence-corrected chi connectivity index (χ1v) is 2.66. The molecule has 0 aliphatic carbocycles. The van der Waals surface area contributed by atoms with Gasteiger partial charge in [-0.1, -0.05) is 0 Å². The largest absolute Gasteiger partial charge is 0.306 e. The van der Waals surface area contributed by atoms with Gasteiger partial charge in [-0.25, -0.2) is 0 Å². The zero-order valence-electron chi connectivity index (χ0n) is 5.07. The lowest BCUT2D eigenvalue weighted by Crippen LogP contribution is -1.95. The summed E-state index contributed by atoms with van der Waals surface area (Å²) >= 11 is 0. The lowest BCUT2D eigenvalue weighted by molar-refractivity contribution is 0.746. The molecule has 46 valence electrons. The highest BCUT2D eigenvalue weighted by atomic mass is 15.3. The summed E-state index contributed by atoms with van der Waals surface area (Å²) < 4.78 is 1.68. The Bertz CT molecular complexity index is 231. The monoisotopic (exact) mass is 122 g/mol. The number of nitriles is 1. The second kappa shape index (κ2) is 2.27. The van der Waals surface area contributed by atoms with Crippen LogP contribution in [0.2, 0.25) is 0 Å². The van der Waals surface area contributed by atoms with E-state index in [4.69, 9.17) is 5.26 Å². The molecule has 0 N–H and O–H groups in total. The lowest BCUT2D eigenvalue weighted by atomic mass is 10.6. The van der Waals surface area contributed by atoms with Crippen LogP contribution in [0, 0.1) is 11.3 Å². The van der Waals surface area contributed by atoms with Gasteiger partial charge in [-0.05, 0) is 6.92 Å². The van der Waals surface area contributed by atoms with Crippen LogP contribution in [0.5, 0.6) is 0 Å². The molecule has 0 saturated carbocycles. The average molecular weight is 122 g/mol. The Hall–Kier alpha value is -1.37. The molecule has 0 aliphatic heterocycles. The molecule has 1 heterocycles. The molecule has 0 saturated heterocycles. The molecule has 0 atom stereocenters. The summed E-state index contributed by atoms with van der Waals surface area (Å²) in [7, 11) is 0. The van der Waals surface area contributed by atoms with E-state index in [0.29, 0.717) is 5.82 Å². The van der Waals surface area contributed by atoms with Gasteiger partial charge >= 0.3 is 0 Å². The fourth-order valence-corrected chi connectivity index (χ4v) is 0.573. The van der Waals surface area contributed by atoms with Crippen LogP contribution < -0.4 is 0 Å². The summed E-state index contributed by atoms with van der Waals surface area (Å²) in [5.74, 6) is 0.373. The van der Waals surface area contributed by atoms with Crippen molar-refractivity contribution in [1.29, 1.82) is 5.26 Å². The molecular formula is C5H6N4. The average Bonchev–Trinajstić information content (AvgIpc) is 2.33. The van der Waals surface area contributed by atoms with E-state index in [0.717, 1.165) is 6.54 Å². The van der Waals surface area contributed by atoms with Crippen LogP contribution in [0.15, 0.2) is 6.33 Å². The minimum absolute atomic E-state index is 0.373. The van der Waals surface area contributed by atoms with Crippen LogP contribution in [0.25, 0.3) is 0 Å². The van der Waals surface area contributed by atoms with E-state index in [9.17, 15) is 0 Å². The zero-order valence-corrected chi connectivity index (χ0v) is 5.07. The smallest absolute Gasteiger partial charge is 0.234 e. The Morgan fingerprint density at radius 2 is 2.67 bits per heavy atom. The molecule has 0 aromatic carbocycles. The Morgan fingerprint density at radius 1 is 1.89 bits per heavy atom. The minimum atomic E-state index is 0.373. The minimum Gasteiger partial charge on any atom is -0.306 e. The molecule has 1 aromatic heterocycles. The first-order chi connectivity index (χ1) is 4.38. The molecule has 1 aromatic rings. The molecular weight excluding hydrogens is 116 g/mol. The summed E-state index contributed by atoms with van der Waals surface area (Å²) in [6.45, 7) is 2.68. The second-order valence-corrected chi connectivity index (χ2v) is 1.55. The van der Waals surface area contributed by atoms with E-state index >= 15 is 0 Å². The van der Waals surface area contributed by atoms with Gasteiger partial charge in [-0.2, -0.15) is 5.26 Å². The third kappa shape index (κ3) is 0.891. The van der Waals surface area contributed by atoms with Crippen LogP contribution in [-0.4, -0.2) is 14.8 Å². The van der Waals surface area contributed by atoms with Crippen LogP contribution in [-0.2, 0) is 6.54 Å². The molecule has 0 unspecified atom stereocenters. The van der Waals surface area contributed by atoms with E-state index in [-0.39, 0.29) is 0 Å². The summed E-state index contributed by atoms with van der Waals surface area (Å²) in [4.78, 5) is 0. The molecule has 0 amide bonds. The zero-order chi connectivity index (χ0) is 6.69. The predicted molar refractivity (Wildman–Crippen MR) is 30.4 cm³/mol. The van der Waals surface area contributed by atoms with Crippen molar-refractivity contribution in [3.63, 3.8) is 0 Å². The highest BCUT2D eigenvalue weighted by Crippen LogP contribution is 1.89. The maximum Gasteiger partial charge on any atom is 0.234 e. The van der Waals surface area contributed by atoms with Gasteiger partial charge in [-0.15, -0.1) is 10.2 Å². The summed E-state index contributed by atoms with van der Waals surface area (Å²) in [6, 6.07) is 1.92. The topological polar surface area (TPSA) is 54.5 Å². The molecule has 4 nitrogen and oxygen atoms in total. The second-order valence-electron chi connectivity index (χ2n) is 1.55. The van der Waals surface area contributed by atoms with Gasteiger partial charge < -0.3 is 4.57 Å². The molecule has 0 fully saturated rings. The third-order valence-corrected chi connectivity index (χ3v) is 1.06. The van der Waals surface area contributed by atoms with Crippen molar-refractivity contribution < 1.29 is 0 Å². The third-order valence-electron chi connectivity index (χ3n) is 1.06. The van der Waals surface area contributed by atoms with Crippen molar-refractivity contribution >= 4 is 0 Å². The first-order valence-electron chi connectivity index (χ1n) is 2.66. The van der Waals surface area contributed by atoms with E-state index in [1.54, 1.807) is 10.9 Å². The van der Waals surface area contributed by atoms with E-state index in [1.165, 1.54) is 0 Å². The fourth-order valence-electron chi connectivity index (χ4n) is 0.573. The van der Waals surface area contributed by atoms with E-state index in [1.807, 2.05) is 13.0 Å². The van der Waals surface area contributed by atoms with E-state index < -0.39 is 0 Å². The van der Waals surface area contributed by atoms with Crippen molar-refractivity contribution in [3.05, 3.63) is 12.2 Å². The summed E-state index contributed by atoms with van der Waals surface area (Å²) in [5, 5.41) is 15.5. The first kappa shape index (κ1) is 5.76. The van der Waals surface area contributed by atoms with Crippen molar-refractivity contribution in [3.8, 4) is 6.07 Å². The van der Waals surface area contributed by atoms with Crippen molar-refractivity contribution in [1.82, 2.24) is 14.8 Å². The van der Waals surface area contributed by atoms with Gasteiger partial charge in [-0.3, -0.25) is 0 Å². The Morgan fingerprint density at radius 3 is 3.11 bits per heavy atom. The van der Waals surface area contributed by atoms with Crippen LogP contribution in [0.3, 0.4) is 0 Å². The van der Waals surface area contributed by atoms with Crippen LogP contribution in [0.1, 0.15) is 12.7 Å². The maximum absolute atomic E-state index is 8.37. The molecule has 0 radical (unpaired) electrons. The highest BCUT2D eigenvalue weighted by molar-refractivity contribution is 5.07.